The number of nitrogens with two attached hydrogens (primary N) is 2. The minimum atomic E-state index is -0.862. The van der Waals surface area contributed by atoms with Gasteiger partial charge in [0.15, 0.2) is 6.04 Å². The van der Waals surface area contributed by atoms with Crippen molar-refractivity contribution in [1.29, 1.82) is 0 Å². The Morgan fingerprint density at radius 2 is 1.84 bits per heavy atom. The maximum absolute atomic E-state index is 12.4. The lowest BCUT2D eigenvalue weighted by Crippen LogP contribution is -2.88. The van der Waals surface area contributed by atoms with Gasteiger partial charge in [0.05, 0.1) is 11.6 Å². The molecular weight excluding hydrogens is 386 g/mol. The zero-order valence-corrected chi connectivity index (χ0v) is 15.6. The number of amides is 3. The fraction of sp³-hybridized carbons (Fsp3) is 0.222. The second-order valence-electron chi connectivity index (χ2n) is 5.62. The molecule has 7 heteroatoms. The highest BCUT2D eigenvalue weighted by Crippen LogP contribution is 2.27. The van der Waals surface area contributed by atoms with Crippen molar-refractivity contribution in [3.8, 4) is 5.75 Å². The molecule has 0 saturated carbocycles. The fourth-order valence-electron chi connectivity index (χ4n) is 2.58. The second kappa shape index (κ2) is 8.64. The van der Waals surface area contributed by atoms with Gasteiger partial charge in [0, 0.05) is 11.1 Å². The molecule has 2 rings (SSSR count). The summed E-state index contributed by atoms with van der Waals surface area (Å²) in [6.45, 7) is 1.99. The summed E-state index contributed by atoms with van der Waals surface area (Å²) in [6.07, 6.45) is 0. The molecule has 2 aromatic rings. The van der Waals surface area contributed by atoms with Crippen LogP contribution in [0.2, 0.25) is 0 Å². The summed E-state index contributed by atoms with van der Waals surface area (Å²) in [5, 5.41) is 4.06. The molecule has 0 aliphatic rings. The van der Waals surface area contributed by atoms with Crippen LogP contribution in [-0.2, 0) is 4.79 Å². The van der Waals surface area contributed by atoms with Crippen LogP contribution in [0.15, 0.2) is 53.0 Å². The van der Waals surface area contributed by atoms with Gasteiger partial charge in [-0.25, -0.2) is 4.79 Å². The summed E-state index contributed by atoms with van der Waals surface area (Å²) in [6, 6.07) is 13.5. The fourth-order valence-corrected chi connectivity index (χ4v) is 3.13. The quantitative estimate of drug-likeness (QED) is 0.684. The summed E-state index contributed by atoms with van der Waals surface area (Å²) in [4.78, 5) is 23.5. The Labute approximate surface area is 154 Å². The summed E-state index contributed by atoms with van der Waals surface area (Å²) in [5.74, 6) is 0.292. The number of quaternary nitrogens is 1. The molecule has 0 fully saturated rings. The van der Waals surface area contributed by atoms with Crippen molar-refractivity contribution in [3.63, 3.8) is 0 Å². The van der Waals surface area contributed by atoms with Crippen LogP contribution in [0.4, 0.5) is 4.79 Å². The predicted molar refractivity (Wildman–Crippen MR) is 97.9 cm³/mol. The third-order valence-electron chi connectivity index (χ3n) is 3.87. The summed E-state index contributed by atoms with van der Waals surface area (Å²) in [5.41, 5.74) is 6.90. The Hall–Kier alpha value is -2.38. The number of methoxy groups -OCH3 is 1. The number of hydrogen-bond donors (Lipinski definition) is 3. The molecule has 0 aliphatic heterocycles. The number of imide groups is 1. The Balaban J connectivity index is 2.25. The third-order valence-corrected chi connectivity index (χ3v) is 4.49. The van der Waals surface area contributed by atoms with Crippen LogP contribution in [0.3, 0.4) is 0 Å². The van der Waals surface area contributed by atoms with Gasteiger partial charge in [-0.15, -0.1) is 0 Å². The van der Waals surface area contributed by atoms with Gasteiger partial charge in [-0.1, -0.05) is 30.3 Å². The summed E-state index contributed by atoms with van der Waals surface area (Å²) >= 11 is 3.47. The molecule has 25 heavy (non-hydrogen) atoms. The van der Waals surface area contributed by atoms with Gasteiger partial charge >= 0.3 is 6.03 Å². The molecule has 0 spiro atoms. The first-order valence-corrected chi connectivity index (χ1v) is 8.55. The maximum Gasteiger partial charge on any atom is 0.319 e. The van der Waals surface area contributed by atoms with E-state index in [1.54, 1.807) is 7.11 Å². The largest absolute Gasteiger partial charge is 0.496 e. The van der Waals surface area contributed by atoms with Gasteiger partial charge in [-0.3, -0.25) is 10.1 Å². The molecule has 2 aromatic carbocycles. The van der Waals surface area contributed by atoms with E-state index in [0.29, 0.717) is 0 Å². The zero-order valence-electron chi connectivity index (χ0n) is 14.0. The standard InChI is InChI=1S/C18H20BrN3O3/c1-11(13-8-9-15(25-2)14(19)10-13)21-16(17(23)22-18(20)24)12-6-4-3-5-7-12/h3-11,16,21H,1-2H3,(H3,20,22,23,24)/p+1/t11-,16-/m1/s1. The molecule has 0 heterocycles. The lowest BCUT2D eigenvalue weighted by molar-refractivity contribution is -0.719. The molecule has 0 aliphatic carbocycles. The highest BCUT2D eigenvalue weighted by Gasteiger charge is 2.28. The molecule has 6 nitrogen and oxygen atoms in total. The second-order valence-corrected chi connectivity index (χ2v) is 6.47. The third kappa shape index (κ3) is 5.04. The number of nitrogens with one attached hydrogen (secondary N) is 1. The monoisotopic (exact) mass is 406 g/mol. The Kier molecular flexibility index (Phi) is 6.55. The van der Waals surface area contributed by atoms with Crippen molar-refractivity contribution in [2.45, 2.75) is 19.0 Å². The normalized spacial score (nSPS) is 12.9. The average molecular weight is 407 g/mol. The minimum Gasteiger partial charge on any atom is -0.496 e. The van der Waals surface area contributed by atoms with E-state index in [4.69, 9.17) is 10.5 Å². The highest BCUT2D eigenvalue weighted by atomic mass is 79.9. The minimum absolute atomic E-state index is 0.0361. The Bertz CT molecular complexity index is 752. The molecule has 3 amide bonds. The Morgan fingerprint density at radius 3 is 2.40 bits per heavy atom. The number of urea groups is 1. The van der Waals surface area contributed by atoms with Gasteiger partial charge in [0.1, 0.15) is 11.8 Å². The SMILES string of the molecule is COc1ccc([C@@H](C)[NH2+][C@@H](C(=O)NC(N)=O)c2ccccc2)cc1Br. The first-order valence-electron chi connectivity index (χ1n) is 7.76. The number of ether oxygens (including phenoxy) is 1. The number of halogens is 1. The molecular formula is C18H21BrN3O3+. The molecule has 132 valence electrons. The van der Waals surface area contributed by atoms with Crippen molar-refractivity contribution in [1.82, 2.24) is 5.32 Å². The molecule has 0 aromatic heterocycles. The van der Waals surface area contributed by atoms with Crippen LogP contribution in [-0.4, -0.2) is 19.0 Å². The lowest BCUT2D eigenvalue weighted by atomic mass is 10.0. The van der Waals surface area contributed by atoms with Crippen LogP contribution in [0.5, 0.6) is 5.75 Å². The van der Waals surface area contributed by atoms with Gasteiger partial charge in [-0.2, -0.15) is 0 Å². The number of carbonyl (C=O) groups is 2. The van der Waals surface area contributed by atoms with Crippen molar-refractivity contribution in [2.75, 3.05) is 7.11 Å². The number of hydrogen-bond acceptors (Lipinski definition) is 3. The van der Waals surface area contributed by atoms with E-state index in [1.165, 1.54) is 0 Å². The van der Waals surface area contributed by atoms with E-state index < -0.39 is 18.0 Å². The van der Waals surface area contributed by atoms with E-state index in [2.05, 4.69) is 21.2 Å². The van der Waals surface area contributed by atoms with Crippen LogP contribution in [0.25, 0.3) is 0 Å². The van der Waals surface area contributed by atoms with Gasteiger partial charge in [-0.05, 0) is 41.1 Å². The van der Waals surface area contributed by atoms with Crippen molar-refractivity contribution < 1.29 is 19.6 Å². The van der Waals surface area contributed by atoms with E-state index >= 15 is 0 Å². The average Bonchev–Trinajstić information content (AvgIpc) is 2.59. The first-order chi connectivity index (χ1) is 11.9. The van der Waals surface area contributed by atoms with Gasteiger partial charge in [0.2, 0.25) is 0 Å². The Morgan fingerprint density at radius 1 is 1.16 bits per heavy atom. The van der Waals surface area contributed by atoms with Crippen LogP contribution >= 0.6 is 15.9 Å². The molecule has 0 saturated heterocycles. The van der Waals surface area contributed by atoms with Crippen LogP contribution in [0, 0.1) is 0 Å². The summed E-state index contributed by atoms with van der Waals surface area (Å²) in [7, 11) is 1.61. The lowest BCUT2D eigenvalue weighted by Gasteiger charge is -2.20. The smallest absolute Gasteiger partial charge is 0.319 e. The highest BCUT2D eigenvalue weighted by molar-refractivity contribution is 9.10. The summed E-state index contributed by atoms with van der Waals surface area (Å²) < 4.78 is 6.08. The van der Waals surface area contributed by atoms with Crippen LogP contribution in [0.1, 0.15) is 30.1 Å². The number of carbonyl (C=O) groups excluding carboxylic acids is 2. The van der Waals surface area contributed by atoms with E-state index in [9.17, 15) is 9.59 Å². The molecule has 0 bridgehead atoms. The number of rotatable bonds is 6. The number of benzene rings is 2. The zero-order chi connectivity index (χ0) is 18.4. The van der Waals surface area contributed by atoms with Crippen molar-refractivity contribution in [2.24, 2.45) is 5.73 Å². The van der Waals surface area contributed by atoms with Crippen molar-refractivity contribution in [3.05, 3.63) is 64.1 Å². The molecule has 5 N–H and O–H groups in total. The van der Waals surface area contributed by atoms with E-state index in [-0.39, 0.29) is 6.04 Å². The molecule has 0 radical (unpaired) electrons. The molecule has 2 atom stereocenters. The topological polar surface area (TPSA) is 98.0 Å². The predicted octanol–water partition coefficient (Wildman–Crippen LogP) is 2.02. The van der Waals surface area contributed by atoms with E-state index in [1.807, 2.05) is 60.8 Å². The van der Waals surface area contributed by atoms with Crippen LogP contribution < -0.4 is 21.1 Å². The van der Waals surface area contributed by atoms with Gasteiger partial charge in [0.25, 0.3) is 5.91 Å². The van der Waals surface area contributed by atoms with Gasteiger partial charge < -0.3 is 15.8 Å². The molecule has 0 unspecified atom stereocenters. The maximum atomic E-state index is 12.4. The number of primary amides is 1. The first kappa shape index (κ1) is 19.0. The van der Waals surface area contributed by atoms with E-state index in [0.717, 1.165) is 21.3 Å². The van der Waals surface area contributed by atoms with Crippen molar-refractivity contribution >= 4 is 27.9 Å².